The monoisotopic (exact) mass is 554 g/mol. The predicted octanol–water partition coefficient (Wildman–Crippen LogP) is 7.01. The largest absolute Gasteiger partial charge is 0.282 e. The molecule has 3 aromatic carbocycles. The molecule has 0 aliphatic carbocycles. The van der Waals surface area contributed by atoms with E-state index in [1.807, 2.05) is 42.5 Å². The number of rotatable bonds is 6. The lowest BCUT2D eigenvalue weighted by Crippen LogP contribution is -2.20. The molecule has 0 radical (unpaired) electrons. The lowest BCUT2D eigenvalue weighted by atomic mass is 10.1. The van der Waals surface area contributed by atoms with Crippen LogP contribution in [0.1, 0.15) is 22.3 Å². The molecule has 0 unspecified atom stereocenters. The number of halogens is 1. The average molecular weight is 556 g/mol. The predicted molar refractivity (Wildman–Crippen MR) is 152 cm³/mol. The second-order valence-electron chi connectivity index (χ2n) is 8.47. The van der Waals surface area contributed by atoms with Gasteiger partial charge in [-0.1, -0.05) is 52.3 Å². The van der Waals surface area contributed by atoms with Crippen LogP contribution in [0.5, 0.6) is 0 Å². The third kappa shape index (κ3) is 5.32. The summed E-state index contributed by atoms with van der Waals surface area (Å²) in [4.78, 5) is 23.7. The molecule has 36 heavy (non-hydrogen) atoms. The maximum absolute atomic E-state index is 13.6. The third-order valence-electron chi connectivity index (χ3n) is 5.90. The highest BCUT2D eigenvalue weighted by Crippen LogP contribution is 2.26. The Morgan fingerprint density at radius 3 is 2.61 bits per heavy atom. The van der Waals surface area contributed by atoms with Crippen LogP contribution in [0.4, 0.5) is 0 Å². The zero-order valence-corrected chi connectivity index (χ0v) is 22.3. The summed E-state index contributed by atoms with van der Waals surface area (Å²) >= 11 is 5.21. The van der Waals surface area contributed by atoms with E-state index in [-0.39, 0.29) is 5.56 Å². The average Bonchev–Trinajstić information content (AvgIpc) is 2.90. The number of benzene rings is 3. The molecule has 0 atom stereocenters. The Bertz CT molecular complexity index is 1650. The first-order valence-corrected chi connectivity index (χ1v) is 13.2. The minimum absolute atomic E-state index is 0.215. The van der Waals surface area contributed by atoms with Crippen LogP contribution in [0.15, 0.2) is 104 Å². The Hall–Kier alpha value is -3.55. The quantitative estimate of drug-likeness (QED) is 0.167. The van der Waals surface area contributed by atoms with Crippen molar-refractivity contribution in [1.82, 2.24) is 14.6 Å². The van der Waals surface area contributed by atoms with Gasteiger partial charge >= 0.3 is 0 Å². The molecule has 178 valence electrons. The number of nitrogens with zero attached hydrogens (tertiary/aromatic N) is 4. The zero-order chi connectivity index (χ0) is 25.1. The van der Waals surface area contributed by atoms with Crippen LogP contribution in [0, 0.1) is 13.8 Å². The topological polar surface area (TPSA) is 60.1 Å². The summed E-state index contributed by atoms with van der Waals surface area (Å²) in [6, 6.07) is 23.8. The molecule has 0 saturated carbocycles. The molecule has 2 heterocycles. The van der Waals surface area contributed by atoms with Crippen LogP contribution in [0.3, 0.4) is 0 Å². The van der Waals surface area contributed by atoms with Crippen LogP contribution >= 0.6 is 27.7 Å². The van der Waals surface area contributed by atoms with Gasteiger partial charge in [-0.3, -0.25) is 9.78 Å². The lowest BCUT2D eigenvalue weighted by Gasteiger charge is -2.11. The highest BCUT2D eigenvalue weighted by Gasteiger charge is 2.14. The smallest absolute Gasteiger partial charge is 0.267 e. The van der Waals surface area contributed by atoms with Crippen molar-refractivity contribution < 1.29 is 0 Å². The lowest BCUT2D eigenvalue weighted by molar-refractivity contribution is 0.829. The zero-order valence-electron chi connectivity index (χ0n) is 19.9. The standard InChI is InChI=1S/C29H23BrN4OS/c1-19-6-7-21(14-20(19)2)17-32-34-28(33-27-9-8-24(30)16-26(27)29(34)35)23-5-3-4-22(15-23)18-36-25-10-12-31-13-11-25/h3-17H,18H2,1-2H3. The molecule has 0 N–H and O–H groups in total. The Kier molecular flexibility index (Phi) is 7.11. The van der Waals surface area contributed by atoms with Crippen LogP contribution in [0.25, 0.3) is 22.3 Å². The van der Waals surface area contributed by atoms with Gasteiger partial charge in [0.05, 0.1) is 17.1 Å². The van der Waals surface area contributed by atoms with Gasteiger partial charge in [-0.05, 0) is 72.5 Å². The maximum Gasteiger partial charge on any atom is 0.282 e. The molecule has 5 aromatic rings. The third-order valence-corrected chi connectivity index (χ3v) is 7.48. The molecule has 0 aliphatic heterocycles. The van der Waals surface area contributed by atoms with E-state index in [9.17, 15) is 4.79 Å². The van der Waals surface area contributed by atoms with Crippen LogP contribution in [0.2, 0.25) is 0 Å². The van der Waals surface area contributed by atoms with Gasteiger partial charge in [0.2, 0.25) is 0 Å². The van der Waals surface area contributed by atoms with Crippen molar-refractivity contribution in [1.29, 1.82) is 0 Å². The molecule has 0 bridgehead atoms. The van der Waals surface area contributed by atoms with Gasteiger partial charge in [-0.2, -0.15) is 9.78 Å². The molecule has 0 fully saturated rings. The molecule has 5 nitrogen and oxygen atoms in total. The molecule has 5 rings (SSSR count). The summed E-state index contributed by atoms with van der Waals surface area (Å²) in [6.07, 6.45) is 5.30. The van der Waals surface area contributed by atoms with E-state index < -0.39 is 0 Å². The van der Waals surface area contributed by atoms with Gasteiger partial charge in [0.15, 0.2) is 5.82 Å². The normalized spacial score (nSPS) is 11.4. The summed E-state index contributed by atoms with van der Waals surface area (Å²) in [5, 5.41) is 5.12. The number of pyridine rings is 1. The Morgan fingerprint density at radius 1 is 0.972 bits per heavy atom. The molecule has 0 amide bonds. The van der Waals surface area contributed by atoms with E-state index in [1.54, 1.807) is 36.4 Å². The second-order valence-corrected chi connectivity index (χ2v) is 10.4. The fourth-order valence-electron chi connectivity index (χ4n) is 3.81. The minimum atomic E-state index is -0.215. The van der Waals surface area contributed by atoms with Gasteiger partial charge in [0.25, 0.3) is 5.56 Å². The Morgan fingerprint density at radius 2 is 1.81 bits per heavy atom. The van der Waals surface area contributed by atoms with Crippen molar-refractivity contribution in [2.24, 2.45) is 5.10 Å². The van der Waals surface area contributed by atoms with Crippen LogP contribution in [-0.2, 0) is 5.75 Å². The molecule has 0 spiro atoms. The number of hydrogen-bond acceptors (Lipinski definition) is 5. The highest BCUT2D eigenvalue weighted by molar-refractivity contribution is 9.10. The number of hydrogen-bond donors (Lipinski definition) is 0. The number of thioether (sulfide) groups is 1. The SMILES string of the molecule is Cc1ccc(C=Nn2c(-c3cccc(CSc4ccncc4)c3)nc3ccc(Br)cc3c2=O)cc1C. The molecule has 0 saturated heterocycles. The van der Waals surface area contributed by atoms with Gasteiger partial charge < -0.3 is 0 Å². The van der Waals surface area contributed by atoms with Gasteiger partial charge in [0.1, 0.15) is 0 Å². The van der Waals surface area contributed by atoms with E-state index in [1.165, 1.54) is 15.8 Å². The fraction of sp³-hybridized carbons (Fsp3) is 0.103. The van der Waals surface area contributed by atoms with Crippen molar-refractivity contribution in [2.45, 2.75) is 24.5 Å². The fourth-order valence-corrected chi connectivity index (χ4v) is 5.00. The van der Waals surface area contributed by atoms with Crippen molar-refractivity contribution in [2.75, 3.05) is 0 Å². The minimum Gasteiger partial charge on any atom is -0.267 e. The summed E-state index contributed by atoms with van der Waals surface area (Å²) in [5.74, 6) is 1.29. The number of aromatic nitrogens is 3. The first kappa shape index (κ1) is 24.2. The van der Waals surface area contributed by atoms with Gasteiger partial charge in [0, 0.05) is 33.1 Å². The Labute approximate surface area is 222 Å². The van der Waals surface area contributed by atoms with Crippen molar-refractivity contribution in [3.63, 3.8) is 0 Å². The first-order chi connectivity index (χ1) is 17.5. The Balaban J connectivity index is 1.59. The molecular weight excluding hydrogens is 532 g/mol. The molecular formula is C29H23BrN4OS. The number of fused-ring (bicyclic) bond motifs is 1. The maximum atomic E-state index is 13.6. The highest BCUT2D eigenvalue weighted by atomic mass is 79.9. The van der Waals surface area contributed by atoms with Gasteiger partial charge in [-0.25, -0.2) is 4.98 Å². The molecule has 2 aromatic heterocycles. The van der Waals surface area contributed by atoms with E-state index in [0.717, 1.165) is 31.8 Å². The van der Waals surface area contributed by atoms with E-state index >= 15 is 0 Å². The van der Waals surface area contributed by atoms with Crippen LogP contribution < -0.4 is 5.56 Å². The van der Waals surface area contributed by atoms with Crippen molar-refractivity contribution in [3.8, 4) is 11.4 Å². The van der Waals surface area contributed by atoms with Gasteiger partial charge in [-0.15, -0.1) is 11.8 Å². The van der Waals surface area contributed by atoms with E-state index in [0.29, 0.717) is 16.7 Å². The summed E-state index contributed by atoms with van der Waals surface area (Å²) in [6.45, 7) is 4.14. The van der Waals surface area contributed by atoms with E-state index in [2.05, 4.69) is 64.1 Å². The van der Waals surface area contributed by atoms with Crippen LogP contribution in [-0.4, -0.2) is 20.9 Å². The van der Waals surface area contributed by atoms with E-state index in [4.69, 9.17) is 4.98 Å². The molecule has 0 aliphatic rings. The first-order valence-electron chi connectivity index (χ1n) is 11.4. The second kappa shape index (κ2) is 10.6. The van der Waals surface area contributed by atoms with Crippen molar-refractivity contribution >= 4 is 44.8 Å². The summed E-state index contributed by atoms with van der Waals surface area (Å²) in [5.41, 5.74) is 5.69. The number of aryl methyl sites for hydroxylation is 2. The summed E-state index contributed by atoms with van der Waals surface area (Å²) < 4.78 is 2.22. The van der Waals surface area contributed by atoms with Crippen molar-refractivity contribution in [3.05, 3.63) is 122 Å². The summed E-state index contributed by atoms with van der Waals surface area (Å²) in [7, 11) is 0. The molecule has 7 heteroatoms.